The molecule has 6 aliphatic carbocycles. The number of pyridine rings is 2. The number of aromatic nitrogens is 8. The molecule has 18 rings (SSSR count). The van der Waals surface area contributed by atoms with Gasteiger partial charge in [0.2, 0.25) is 0 Å². The fourth-order valence-corrected chi connectivity index (χ4v) is 16.0. The Morgan fingerprint density at radius 2 is 0.709 bits per heavy atom. The van der Waals surface area contributed by atoms with Gasteiger partial charge < -0.3 is 29.6 Å². The number of phenols is 2. The van der Waals surface area contributed by atoms with Crippen LogP contribution in [0.25, 0.3) is 111 Å². The number of aliphatic hydroxyl groups is 2. The summed E-state index contributed by atoms with van der Waals surface area (Å²) in [4.78, 5) is 28.9. The summed E-state index contributed by atoms with van der Waals surface area (Å²) in [6.07, 6.45) is 9.18. The molecule has 0 amide bonds. The zero-order chi connectivity index (χ0) is 59.3. The molecule has 0 radical (unpaired) electrons. The minimum absolute atomic E-state index is 0.0591. The molecule has 6 aromatic carbocycles. The van der Waals surface area contributed by atoms with Crippen molar-refractivity contribution in [3.8, 4) is 79.0 Å². The first-order chi connectivity index (χ1) is 41.4. The predicted molar refractivity (Wildman–Crippen MR) is 341 cm³/mol. The first-order valence-corrected chi connectivity index (χ1v) is 30.2. The van der Waals surface area contributed by atoms with Crippen LogP contribution in [0.1, 0.15) is 103 Å². The van der Waals surface area contributed by atoms with Crippen LogP contribution in [0.2, 0.25) is 0 Å². The molecule has 428 valence electrons. The summed E-state index contributed by atoms with van der Waals surface area (Å²) in [7, 11) is 0. The van der Waals surface area contributed by atoms with E-state index in [0.29, 0.717) is 11.6 Å². The van der Waals surface area contributed by atoms with E-state index in [1.807, 2.05) is 87.2 Å². The molecule has 4 N–H and O–H groups in total. The van der Waals surface area contributed by atoms with Crippen LogP contribution in [0, 0.1) is 22.7 Å². The molecule has 86 heavy (non-hydrogen) atoms. The first-order valence-electron chi connectivity index (χ1n) is 30.2. The fraction of sp³-hybridized carbons (Fsp3) is 0.270. The van der Waals surface area contributed by atoms with Gasteiger partial charge in [-0.2, -0.15) is 0 Å². The predicted octanol–water partition coefficient (Wildman–Crippen LogP) is 16.1. The largest absolute Gasteiger partial charge is 0.508 e. The molecule has 6 aromatic heterocycles. The number of nitrogens with zero attached hydrogens (tertiary/aromatic N) is 8. The van der Waals surface area contributed by atoms with Gasteiger partial charge >= 0.3 is 0 Å². The summed E-state index contributed by atoms with van der Waals surface area (Å²) in [5.41, 5.74) is 16.1. The number of fused-ring (bicyclic) bond motifs is 6. The topological polar surface area (TPSA) is 168 Å². The maximum absolute atomic E-state index is 12.0. The van der Waals surface area contributed by atoms with E-state index >= 15 is 0 Å². The van der Waals surface area contributed by atoms with E-state index in [2.05, 4.69) is 133 Å². The molecule has 6 heterocycles. The normalized spacial score (nSPS) is 22.0. The monoisotopic (exact) mass is 1130 g/mol. The highest BCUT2D eigenvalue weighted by Crippen LogP contribution is 2.70. The molecule has 2 saturated carbocycles. The van der Waals surface area contributed by atoms with Gasteiger partial charge in [-0.25, -0.2) is 19.9 Å². The Kier molecular flexibility index (Phi) is 12.0. The Labute approximate surface area is 499 Å². The number of aryl methyl sites for hydroxylation is 2. The lowest BCUT2D eigenvalue weighted by molar-refractivity contribution is -0.149. The lowest BCUT2D eigenvalue weighted by Gasteiger charge is -2.62. The Morgan fingerprint density at radius 1 is 0.395 bits per heavy atom. The maximum atomic E-state index is 12.0. The van der Waals surface area contributed by atoms with Crippen LogP contribution in [0.15, 0.2) is 170 Å². The molecule has 0 spiro atoms. The Balaban J connectivity index is 0.000000145. The second-order valence-corrected chi connectivity index (χ2v) is 25.9. The Hall–Kier alpha value is -9.10. The van der Waals surface area contributed by atoms with E-state index in [0.717, 1.165) is 104 Å². The second kappa shape index (κ2) is 19.2. The highest BCUT2D eigenvalue weighted by molar-refractivity contribution is 6.12. The molecule has 2 fully saturated rings. The molecule has 6 unspecified atom stereocenters. The van der Waals surface area contributed by atoms with E-state index in [9.17, 15) is 20.4 Å². The van der Waals surface area contributed by atoms with Crippen LogP contribution < -0.4 is 0 Å². The molecule has 12 heteroatoms. The van der Waals surface area contributed by atoms with E-state index < -0.39 is 11.2 Å². The van der Waals surface area contributed by atoms with E-state index in [1.54, 1.807) is 24.3 Å². The van der Waals surface area contributed by atoms with Crippen LogP contribution in [-0.2, 0) is 24.3 Å². The number of aromatic hydroxyl groups is 2. The lowest BCUT2D eigenvalue weighted by Crippen LogP contribution is -2.58. The van der Waals surface area contributed by atoms with Gasteiger partial charge in [0.15, 0.2) is 11.6 Å². The number of benzene rings is 6. The summed E-state index contributed by atoms with van der Waals surface area (Å²) in [5, 5.41) is 48.6. The van der Waals surface area contributed by atoms with Crippen molar-refractivity contribution < 1.29 is 20.4 Å². The van der Waals surface area contributed by atoms with Gasteiger partial charge in [-0.15, -0.1) is 0 Å². The van der Waals surface area contributed by atoms with Crippen molar-refractivity contribution in [2.45, 2.75) is 104 Å². The SMILES string of the molecule is CCn1c2ccc(-c3ccncc3)cc2c2cc(-c3nc(-c4ccc(O)cc4)nc4c3C3CC(C4(C)O)C3(C)C)ccc21.CCn1c2ccc(-c3ccncc3)cc2c2cc(-c3nc(-c4ccc(O)cc4)nc4c3C3CC(C4(C)O)C3(C)C)ccc21. The molecule has 0 saturated heterocycles. The molecule has 6 atom stereocenters. The average molecular weight is 1130 g/mol. The number of hydrogen-bond acceptors (Lipinski definition) is 10. The highest BCUT2D eigenvalue weighted by atomic mass is 16.3. The maximum Gasteiger partial charge on any atom is 0.160 e. The Bertz CT molecular complexity index is 4420. The third-order valence-electron chi connectivity index (χ3n) is 20.6. The molecule has 4 bridgehead atoms. The molecule has 12 nitrogen and oxygen atoms in total. The van der Waals surface area contributed by atoms with Gasteiger partial charge in [0.1, 0.15) is 22.7 Å². The van der Waals surface area contributed by atoms with Crippen molar-refractivity contribution >= 4 is 43.6 Å². The summed E-state index contributed by atoms with van der Waals surface area (Å²) in [6, 6.07) is 48.8. The third-order valence-corrected chi connectivity index (χ3v) is 20.6. The van der Waals surface area contributed by atoms with Crippen LogP contribution in [0.5, 0.6) is 11.5 Å². The van der Waals surface area contributed by atoms with E-state index in [4.69, 9.17) is 19.9 Å². The molecular formula is C74H68N8O4. The van der Waals surface area contributed by atoms with Crippen molar-refractivity contribution in [2.75, 3.05) is 0 Å². The minimum atomic E-state index is -1.07. The van der Waals surface area contributed by atoms with Crippen molar-refractivity contribution in [3.05, 3.63) is 193 Å². The van der Waals surface area contributed by atoms with E-state index in [-0.39, 0.29) is 46.0 Å². The number of phenolic OH excluding ortho intramolecular Hbond substituents is 2. The standard InChI is InChI=1S/2C37H34N4O2/c2*1-5-41-29-12-8-23(21-14-16-38-17-15-21)18-26(29)27-19-24(9-13-30(27)41)33-32-28-20-31(36(28,2)3)37(4,43)34(32)40-35(39-33)22-6-10-25(42)11-7-22/h2*6-19,28,31,42-43H,5,20H2,1-4H3. The zero-order valence-corrected chi connectivity index (χ0v) is 49.7. The summed E-state index contributed by atoms with van der Waals surface area (Å²) in [5.74, 6) is 2.30. The summed E-state index contributed by atoms with van der Waals surface area (Å²) < 4.78 is 4.74. The highest BCUT2D eigenvalue weighted by Gasteiger charge is 2.64. The van der Waals surface area contributed by atoms with Crippen LogP contribution in [0.4, 0.5) is 0 Å². The van der Waals surface area contributed by atoms with Gasteiger partial charge in [-0.05, 0) is 219 Å². The van der Waals surface area contributed by atoms with Crippen molar-refractivity contribution in [3.63, 3.8) is 0 Å². The molecule has 0 aliphatic heterocycles. The Morgan fingerprint density at radius 3 is 1.03 bits per heavy atom. The zero-order valence-electron chi connectivity index (χ0n) is 49.7. The van der Waals surface area contributed by atoms with Gasteiger partial charge in [0.05, 0.1) is 22.8 Å². The van der Waals surface area contributed by atoms with E-state index in [1.165, 1.54) is 43.6 Å². The van der Waals surface area contributed by atoms with Crippen molar-refractivity contribution in [1.29, 1.82) is 0 Å². The average Bonchev–Trinajstić information content (AvgIpc) is 0.879. The number of rotatable bonds is 8. The van der Waals surface area contributed by atoms with Gasteiger partial charge in [0, 0.05) is 115 Å². The smallest absolute Gasteiger partial charge is 0.160 e. The van der Waals surface area contributed by atoms with Crippen LogP contribution in [-0.4, -0.2) is 59.5 Å². The van der Waals surface area contributed by atoms with Crippen LogP contribution >= 0.6 is 0 Å². The lowest BCUT2D eigenvalue weighted by atomic mass is 9.43. The second-order valence-electron chi connectivity index (χ2n) is 25.9. The van der Waals surface area contributed by atoms with Gasteiger partial charge in [-0.3, -0.25) is 9.97 Å². The first kappa shape index (κ1) is 53.6. The molecule has 6 aliphatic rings. The summed E-state index contributed by atoms with van der Waals surface area (Å²) in [6.45, 7) is 19.0. The van der Waals surface area contributed by atoms with Gasteiger partial charge in [-0.1, -0.05) is 52.0 Å². The quantitative estimate of drug-likeness (QED) is 0.115. The van der Waals surface area contributed by atoms with Gasteiger partial charge in [0.25, 0.3) is 0 Å². The molecule has 12 aromatic rings. The fourth-order valence-electron chi connectivity index (χ4n) is 16.0. The number of hydrogen-bond donors (Lipinski definition) is 4. The minimum Gasteiger partial charge on any atom is -0.508 e. The van der Waals surface area contributed by atoms with Crippen molar-refractivity contribution in [1.82, 2.24) is 39.0 Å². The summed E-state index contributed by atoms with van der Waals surface area (Å²) >= 11 is 0. The van der Waals surface area contributed by atoms with Crippen molar-refractivity contribution in [2.24, 2.45) is 22.7 Å². The van der Waals surface area contributed by atoms with Crippen LogP contribution in [0.3, 0.4) is 0 Å². The molecular weight excluding hydrogens is 1060 g/mol. The third kappa shape index (κ3) is 7.95.